The Labute approximate surface area is 111 Å². The molecule has 0 saturated carbocycles. The van der Waals surface area contributed by atoms with Crippen molar-refractivity contribution in [1.82, 2.24) is 0 Å². The summed E-state index contributed by atoms with van der Waals surface area (Å²) in [7, 11) is 0. The van der Waals surface area contributed by atoms with E-state index in [4.69, 9.17) is 4.74 Å². The second kappa shape index (κ2) is 5.74. The van der Waals surface area contributed by atoms with Gasteiger partial charge in [0.1, 0.15) is 5.75 Å². The van der Waals surface area contributed by atoms with E-state index in [9.17, 15) is 8.78 Å². The van der Waals surface area contributed by atoms with Gasteiger partial charge < -0.3 is 14.8 Å². The van der Waals surface area contributed by atoms with E-state index < -0.39 is 6.61 Å². The number of ether oxygens (including phenoxy) is 2. The molecular formula is C14H19F2NO2. The summed E-state index contributed by atoms with van der Waals surface area (Å²) in [5, 5.41) is 3.24. The van der Waals surface area contributed by atoms with Crippen molar-refractivity contribution in [3.05, 3.63) is 24.3 Å². The molecule has 1 unspecified atom stereocenters. The molecule has 3 nitrogen and oxygen atoms in total. The quantitative estimate of drug-likeness (QED) is 0.886. The summed E-state index contributed by atoms with van der Waals surface area (Å²) in [6.07, 6.45) is 2.29. The Hall–Kier alpha value is -1.36. The van der Waals surface area contributed by atoms with Crippen molar-refractivity contribution in [2.24, 2.45) is 0 Å². The normalized spacial score (nSPS) is 21.6. The first-order valence-electron chi connectivity index (χ1n) is 6.41. The zero-order valence-corrected chi connectivity index (χ0v) is 11.2. The molecule has 1 atom stereocenters. The van der Waals surface area contributed by atoms with Crippen LogP contribution < -0.4 is 10.1 Å². The first kappa shape index (κ1) is 14.1. The first-order valence-corrected chi connectivity index (χ1v) is 6.41. The second-order valence-electron chi connectivity index (χ2n) is 5.32. The van der Waals surface area contributed by atoms with Crippen LogP contribution in [-0.2, 0) is 4.74 Å². The lowest BCUT2D eigenvalue weighted by Gasteiger charge is -2.19. The summed E-state index contributed by atoms with van der Waals surface area (Å²) in [5.74, 6) is 0.166. The summed E-state index contributed by atoms with van der Waals surface area (Å²) in [6, 6.07) is 6.48. The van der Waals surface area contributed by atoms with E-state index >= 15 is 0 Å². The molecule has 1 fully saturated rings. The minimum atomic E-state index is -2.78. The maximum Gasteiger partial charge on any atom is 0.387 e. The zero-order chi connectivity index (χ0) is 13.9. The standard InChI is InChI=1S/C14H19F2NO2/c1-14(2)8-7-12(19-14)9-17-10-3-5-11(6-4-10)18-13(15)16/h3-6,12-13,17H,7-9H2,1-2H3. The number of anilines is 1. The van der Waals surface area contributed by atoms with Crippen molar-refractivity contribution in [2.45, 2.75) is 45.0 Å². The van der Waals surface area contributed by atoms with Gasteiger partial charge in [-0.15, -0.1) is 0 Å². The SMILES string of the molecule is CC1(C)CCC(CNc2ccc(OC(F)F)cc2)O1. The molecule has 0 radical (unpaired) electrons. The molecule has 0 aromatic heterocycles. The van der Waals surface area contributed by atoms with Gasteiger partial charge in [-0.1, -0.05) is 0 Å². The lowest BCUT2D eigenvalue weighted by Crippen LogP contribution is -2.24. The Balaban J connectivity index is 1.80. The molecule has 106 valence electrons. The van der Waals surface area contributed by atoms with E-state index in [0.29, 0.717) is 0 Å². The maximum atomic E-state index is 12.0. The minimum absolute atomic E-state index is 0.0404. The van der Waals surface area contributed by atoms with Crippen LogP contribution in [0.5, 0.6) is 5.75 Å². The molecule has 1 N–H and O–H groups in total. The molecule has 1 aromatic carbocycles. The summed E-state index contributed by atoms with van der Waals surface area (Å²) >= 11 is 0. The van der Waals surface area contributed by atoms with Gasteiger partial charge in [0.15, 0.2) is 0 Å². The van der Waals surface area contributed by atoms with Gasteiger partial charge in [0.05, 0.1) is 11.7 Å². The van der Waals surface area contributed by atoms with Gasteiger partial charge >= 0.3 is 6.61 Å². The average molecular weight is 271 g/mol. The molecule has 1 saturated heterocycles. The highest BCUT2D eigenvalue weighted by atomic mass is 19.3. The molecule has 19 heavy (non-hydrogen) atoms. The number of hydrogen-bond acceptors (Lipinski definition) is 3. The number of benzene rings is 1. The van der Waals surface area contributed by atoms with Crippen LogP contribution in [0.3, 0.4) is 0 Å². The first-order chi connectivity index (χ1) is 8.94. The Bertz CT molecular complexity index is 406. The van der Waals surface area contributed by atoms with Gasteiger partial charge in [0, 0.05) is 12.2 Å². The van der Waals surface area contributed by atoms with Gasteiger partial charge in [-0.3, -0.25) is 0 Å². The van der Waals surface area contributed by atoms with E-state index in [-0.39, 0.29) is 17.5 Å². The smallest absolute Gasteiger partial charge is 0.387 e. The molecule has 0 aliphatic carbocycles. The van der Waals surface area contributed by atoms with Crippen LogP contribution in [0.4, 0.5) is 14.5 Å². The Morgan fingerprint density at radius 1 is 1.37 bits per heavy atom. The van der Waals surface area contributed by atoms with E-state index in [1.54, 1.807) is 12.1 Å². The Morgan fingerprint density at radius 3 is 2.58 bits per heavy atom. The van der Waals surface area contributed by atoms with Gasteiger partial charge in [0.2, 0.25) is 0 Å². The highest BCUT2D eigenvalue weighted by Gasteiger charge is 2.31. The van der Waals surface area contributed by atoms with E-state index in [2.05, 4.69) is 23.9 Å². The van der Waals surface area contributed by atoms with Crippen LogP contribution in [-0.4, -0.2) is 24.9 Å². The molecular weight excluding hydrogens is 252 g/mol. The molecule has 0 amide bonds. The average Bonchev–Trinajstić information content (AvgIpc) is 2.67. The number of hydrogen-bond donors (Lipinski definition) is 1. The monoisotopic (exact) mass is 271 g/mol. The van der Waals surface area contributed by atoms with Crippen LogP contribution in [0.25, 0.3) is 0 Å². The van der Waals surface area contributed by atoms with Crippen LogP contribution in [0.1, 0.15) is 26.7 Å². The number of halogens is 2. The number of nitrogens with one attached hydrogen (secondary N) is 1. The topological polar surface area (TPSA) is 30.5 Å². The van der Waals surface area contributed by atoms with Gasteiger partial charge in [-0.05, 0) is 51.0 Å². The molecule has 1 aromatic rings. The zero-order valence-electron chi connectivity index (χ0n) is 11.2. The van der Waals surface area contributed by atoms with Crippen LogP contribution in [0.2, 0.25) is 0 Å². The van der Waals surface area contributed by atoms with Crippen molar-refractivity contribution in [2.75, 3.05) is 11.9 Å². The predicted molar refractivity (Wildman–Crippen MR) is 69.7 cm³/mol. The minimum Gasteiger partial charge on any atom is -0.435 e. The second-order valence-corrected chi connectivity index (χ2v) is 5.32. The van der Waals surface area contributed by atoms with Crippen LogP contribution >= 0.6 is 0 Å². The molecule has 1 heterocycles. The highest BCUT2D eigenvalue weighted by Crippen LogP contribution is 2.29. The molecule has 1 aliphatic heterocycles. The molecule has 5 heteroatoms. The summed E-state index contributed by atoms with van der Waals surface area (Å²) < 4.78 is 34.1. The Kier molecular flexibility index (Phi) is 4.24. The van der Waals surface area contributed by atoms with Gasteiger partial charge in [0.25, 0.3) is 0 Å². The third-order valence-corrected chi connectivity index (χ3v) is 3.17. The van der Waals surface area contributed by atoms with Crippen molar-refractivity contribution in [3.8, 4) is 5.75 Å². The lowest BCUT2D eigenvalue weighted by molar-refractivity contribution is -0.0498. The van der Waals surface area contributed by atoms with E-state index in [1.165, 1.54) is 12.1 Å². The van der Waals surface area contributed by atoms with Crippen molar-refractivity contribution in [1.29, 1.82) is 0 Å². The van der Waals surface area contributed by atoms with Crippen LogP contribution in [0.15, 0.2) is 24.3 Å². The molecule has 0 spiro atoms. The molecule has 2 rings (SSSR count). The number of alkyl halides is 2. The largest absolute Gasteiger partial charge is 0.435 e. The maximum absolute atomic E-state index is 12.0. The fourth-order valence-electron chi connectivity index (χ4n) is 2.21. The lowest BCUT2D eigenvalue weighted by atomic mass is 10.1. The van der Waals surface area contributed by atoms with Crippen molar-refractivity contribution < 1.29 is 18.3 Å². The third kappa shape index (κ3) is 4.35. The molecule has 1 aliphatic rings. The predicted octanol–water partition coefficient (Wildman–Crippen LogP) is 3.66. The fourth-order valence-corrected chi connectivity index (χ4v) is 2.21. The third-order valence-electron chi connectivity index (χ3n) is 3.17. The number of rotatable bonds is 5. The summed E-state index contributed by atoms with van der Waals surface area (Å²) in [5.41, 5.74) is 0.830. The van der Waals surface area contributed by atoms with Crippen LogP contribution in [0, 0.1) is 0 Å². The fraction of sp³-hybridized carbons (Fsp3) is 0.571. The van der Waals surface area contributed by atoms with Gasteiger partial charge in [-0.25, -0.2) is 0 Å². The summed E-state index contributed by atoms with van der Waals surface area (Å²) in [6.45, 7) is 2.11. The highest BCUT2D eigenvalue weighted by molar-refractivity contribution is 5.46. The van der Waals surface area contributed by atoms with Crippen molar-refractivity contribution >= 4 is 5.69 Å². The van der Waals surface area contributed by atoms with E-state index in [0.717, 1.165) is 25.1 Å². The van der Waals surface area contributed by atoms with E-state index in [1.807, 2.05) is 0 Å². The Morgan fingerprint density at radius 2 is 2.05 bits per heavy atom. The molecule has 0 bridgehead atoms. The van der Waals surface area contributed by atoms with Gasteiger partial charge in [-0.2, -0.15) is 8.78 Å². The summed E-state index contributed by atoms with van der Waals surface area (Å²) in [4.78, 5) is 0. The van der Waals surface area contributed by atoms with Crippen molar-refractivity contribution in [3.63, 3.8) is 0 Å².